The second-order valence-corrected chi connectivity index (χ2v) is 3.24. The minimum atomic E-state index is 0. The van der Waals surface area contributed by atoms with E-state index in [-0.39, 0.29) is 31.0 Å². The molecule has 0 fully saturated rings. The van der Waals surface area contributed by atoms with Crippen LogP contribution >= 0.6 is 0 Å². The zero-order valence-corrected chi connectivity index (χ0v) is 9.96. The van der Waals surface area contributed by atoms with Crippen molar-refractivity contribution in [3.05, 3.63) is 41.0 Å². The molecule has 0 aromatic heterocycles. The van der Waals surface area contributed by atoms with Crippen molar-refractivity contribution in [1.82, 2.24) is 0 Å². The van der Waals surface area contributed by atoms with Gasteiger partial charge >= 0.3 is 29.6 Å². The molecule has 0 heterocycles. The molecule has 58 valence electrons. The van der Waals surface area contributed by atoms with Gasteiger partial charge in [0, 0.05) is 5.92 Å². The van der Waals surface area contributed by atoms with E-state index < -0.39 is 0 Å². The molecule has 1 unspecified atom stereocenters. The van der Waals surface area contributed by atoms with E-state index in [4.69, 9.17) is 0 Å². The molecule has 0 amide bonds. The van der Waals surface area contributed by atoms with E-state index in [0.717, 1.165) is 0 Å². The first-order chi connectivity index (χ1) is 5.29. The van der Waals surface area contributed by atoms with Crippen LogP contribution in [0.5, 0.6) is 0 Å². The van der Waals surface area contributed by atoms with Crippen LogP contribution in [0.25, 0.3) is 6.08 Å². The normalized spacial score (nSPS) is 19.5. The molecule has 1 aliphatic carbocycles. The fraction of sp³-hybridized carbons (Fsp3) is 0.273. The maximum Gasteiger partial charge on any atom is 1.00 e. The van der Waals surface area contributed by atoms with Crippen LogP contribution in [-0.4, -0.2) is 0 Å². The second-order valence-electron chi connectivity index (χ2n) is 3.24. The van der Waals surface area contributed by atoms with Crippen molar-refractivity contribution < 1.29 is 31.0 Å². The predicted molar refractivity (Wildman–Crippen MR) is 49.6 cm³/mol. The zero-order valence-electron chi connectivity index (χ0n) is 8.96. The van der Waals surface area contributed by atoms with Gasteiger partial charge in [0.05, 0.1) is 0 Å². The molecule has 1 heteroatoms. The maximum atomic E-state index is 2.28. The van der Waals surface area contributed by atoms with Gasteiger partial charge in [0.1, 0.15) is 0 Å². The van der Waals surface area contributed by atoms with E-state index in [2.05, 4.69) is 44.2 Å². The molecular formula is C11H13Na. The van der Waals surface area contributed by atoms with E-state index >= 15 is 0 Å². The average molecular weight is 168 g/mol. The Kier molecular flexibility index (Phi) is 3.16. The Bertz CT molecular complexity index is 318. The van der Waals surface area contributed by atoms with E-state index in [0.29, 0.717) is 5.92 Å². The standard InChI is InChI=1S/C11H12.Na.H/c1-8-7-10-5-3-4-6-11(10)9(8)2;;/h3-7,9H,1-2H3;;/q;+1;-1. The Labute approximate surface area is 97.5 Å². The summed E-state index contributed by atoms with van der Waals surface area (Å²) in [5, 5.41) is 0. The summed E-state index contributed by atoms with van der Waals surface area (Å²) in [6.45, 7) is 4.46. The molecule has 0 saturated heterocycles. The Morgan fingerprint density at radius 1 is 1.25 bits per heavy atom. The number of rotatable bonds is 0. The van der Waals surface area contributed by atoms with Gasteiger partial charge in [-0.15, -0.1) is 0 Å². The van der Waals surface area contributed by atoms with E-state index in [1.54, 1.807) is 0 Å². The van der Waals surface area contributed by atoms with Gasteiger partial charge in [-0.2, -0.15) is 0 Å². The number of benzene rings is 1. The SMILES string of the molecule is CC1=Cc2ccccc2C1C.[H-].[Na+]. The third kappa shape index (κ3) is 1.52. The molecule has 0 saturated carbocycles. The van der Waals surface area contributed by atoms with Gasteiger partial charge in [0.15, 0.2) is 0 Å². The van der Waals surface area contributed by atoms with Crippen LogP contribution in [0, 0.1) is 0 Å². The first-order valence-corrected chi connectivity index (χ1v) is 4.06. The monoisotopic (exact) mass is 168 g/mol. The van der Waals surface area contributed by atoms with Crippen LogP contribution in [0.2, 0.25) is 0 Å². The number of allylic oxidation sites excluding steroid dienone is 1. The van der Waals surface area contributed by atoms with Gasteiger partial charge in [0.2, 0.25) is 0 Å². The quantitative estimate of drug-likeness (QED) is 0.489. The predicted octanol–water partition coefficient (Wildman–Crippen LogP) is 0.323. The van der Waals surface area contributed by atoms with E-state index in [1.807, 2.05) is 0 Å². The molecule has 0 radical (unpaired) electrons. The fourth-order valence-corrected chi connectivity index (χ4v) is 1.65. The zero-order chi connectivity index (χ0) is 7.84. The van der Waals surface area contributed by atoms with Crippen LogP contribution in [0.4, 0.5) is 0 Å². The summed E-state index contributed by atoms with van der Waals surface area (Å²) in [5.74, 6) is 0.631. The molecule has 1 atom stereocenters. The van der Waals surface area contributed by atoms with Crippen molar-refractivity contribution in [2.75, 3.05) is 0 Å². The molecule has 0 aliphatic heterocycles. The first kappa shape index (κ1) is 10.0. The Morgan fingerprint density at radius 2 is 1.92 bits per heavy atom. The maximum absolute atomic E-state index is 2.28. The molecular weight excluding hydrogens is 155 g/mol. The first-order valence-electron chi connectivity index (χ1n) is 4.06. The Hall–Kier alpha value is -0.0400. The second kappa shape index (κ2) is 3.78. The summed E-state index contributed by atoms with van der Waals surface area (Å²) in [7, 11) is 0. The minimum Gasteiger partial charge on any atom is -1.00 e. The number of fused-ring (bicyclic) bond motifs is 1. The molecule has 0 bridgehead atoms. The molecule has 12 heavy (non-hydrogen) atoms. The van der Waals surface area contributed by atoms with Crippen LogP contribution in [0.3, 0.4) is 0 Å². The van der Waals surface area contributed by atoms with Gasteiger partial charge in [-0.05, 0) is 18.1 Å². The summed E-state index contributed by atoms with van der Waals surface area (Å²) in [4.78, 5) is 0. The Morgan fingerprint density at radius 3 is 2.58 bits per heavy atom. The van der Waals surface area contributed by atoms with Crippen molar-refractivity contribution in [2.45, 2.75) is 19.8 Å². The van der Waals surface area contributed by atoms with Crippen molar-refractivity contribution in [3.63, 3.8) is 0 Å². The Balaban J connectivity index is 0.000000720. The molecule has 0 spiro atoms. The molecule has 1 aromatic carbocycles. The number of hydrogen-bond acceptors (Lipinski definition) is 0. The van der Waals surface area contributed by atoms with Crippen molar-refractivity contribution >= 4 is 6.08 Å². The van der Waals surface area contributed by atoms with Crippen LogP contribution in [0.15, 0.2) is 29.8 Å². The summed E-state index contributed by atoms with van der Waals surface area (Å²) in [6, 6.07) is 8.61. The van der Waals surface area contributed by atoms with Crippen LogP contribution in [-0.2, 0) is 0 Å². The van der Waals surface area contributed by atoms with Gasteiger partial charge in [-0.3, -0.25) is 0 Å². The van der Waals surface area contributed by atoms with Gasteiger partial charge in [0.25, 0.3) is 0 Å². The molecule has 2 rings (SSSR count). The van der Waals surface area contributed by atoms with Crippen molar-refractivity contribution in [3.8, 4) is 0 Å². The summed E-state index contributed by atoms with van der Waals surface area (Å²) in [6.07, 6.45) is 2.28. The van der Waals surface area contributed by atoms with Crippen LogP contribution in [0.1, 0.15) is 32.3 Å². The average Bonchev–Trinajstić information content (AvgIpc) is 2.30. The molecule has 0 N–H and O–H groups in total. The van der Waals surface area contributed by atoms with Crippen molar-refractivity contribution in [2.24, 2.45) is 0 Å². The fourth-order valence-electron chi connectivity index (χ4n) is 1.65. The van der Waals surface area contributed by atoms with Gasteiger partial charge in [-0.1, -0.05) is 42.8 Å². The van der Waals surface area contributed by atoms with E-state index in [1.165, 1.54) is 16.7 Å². The summed E-state index contributed by atoms with van der Waals surface area (Å²) < 4.78 is 0. The third-order valence-corrected chi connectivity index (χ3v) is 2.53. The molecule has 1 aromatic rings. The smallest absolute Gasteiger partial charge is 1.00 e. The third-order valence-electron chi connectivity index (χ3n) is 2.53. The van der Waals surface area contributed by atoms with Gasteiger partial charge < -0.3 is 1.43 Å². The largest absolute Gasteiger partial charge is 1.00 e. The number of hydrogen-bond donors (Lipinski definition) is 0. The summed E-state index contributed by atoms with van der Waals surface area (Å²) in [5.41, 5.74) is 4.36. The molecule has 1 aliphatic rings. The van der Waals surface area contributed by atoms with Crippen LogP contribution < -0.4 is 29.6 Å². The molecule has 0 nitrogen and oxygen atoms in total. The minimum absolute atomic E-state index is 0. The summed E-state index contributed by atoms with van der Waals surface area (Å²) >= 11 is 0. The van der Waals surface area contributed by atoms with E-state index in [9.17, 15) is 0 Å². The topological polar surface area (TPSA) is 0 Å². The van der Waals surface area contributed by atoms with Crippen molar-refractivity contribution in [1.29, 1.82) is 0 Å². The van der Waals surface area contributed by atoms with Gasteiger partial charge in [-0.25, -0.2) is 0 Å².